The van der Waals surface area contributed by atoms with Crippen molar-refractivity contribution in [3.05, 3.63) is 23.8 Å². The number of nitrogens with zero attached hydrogens (tertiary/aromatic N) is 2. The van der Waals surface area contributed by atoms with Crippen LogP contribution in [0.25, 0.3) is 0 Å². The fourth-order valence-electron chi connectivity index (χ4n) is 4.20. The summed E-state index contributed by atoms with van der Waals surface area (Å²) in [5.41, 5.74) is 3.82. The fraction of sp³-hybridized carbons (Fsp3) is 0.636. The number of likely N-dealkylation sites (N-methyl/N-ethyl adjacent to an activating group) is 1. The van der Waals surface area contributed by atoms with E-state index in [1.807, 2.05) is 0 Å². The number of aryl methyl sites for hydroxylation is 1. The van der Waals surface area contributed by atoms with Crippen LogP contribution in [-0.2, 0) is 19.6 Å². The van der Waals surface area contributed by atoms with Crippen LogP contribution >= 0.6 is 23.2 Å². The molecule has 3 N–H and O–H groups in total. The molecular formula is C22H33Cl2N5O4S. The summed E-state index contributed by atoms with van der Waals surface area (Å²) >= 11 is 12.1. The van der Waals surface area contributed by atoms with E-state index >= 15 is 0 Å². The summed E-state index contributed by atoms with van der Waals surface area (Å²) in [6.07, 6.45) is 4.07. The van der Waals surface area contributed by atoms with Crippen molar-refractivity contribution in [1.29, 1.82) is 0 Å². The first-order chi connectivity index (χ1) is 16.0. The van der Waals surface area contributed by atoms with Gasteiger partial charge in [0.05, 0.1) is 10.3 Å². The van der Waals surface area contributed by atoms with Gasteiger partial charge in [-0.05, 0) is 57.4 Å². The second kappa shape index (κ2) is 11.5. The van der Waals surface area contributed by atoms with Crippen molar-refractivity contribution < 1.29 is 18.0 Å². The highest BCUT2D eigenvalue weighted by Gasteiger charge is 2.39. The number of sulfonamides is 1. The Bertz CT molecular complexity index is 1000. The number of hydrogen-bond donors (Lipinski definition) is 3. The summed E-state index contributed by atoms with van der Waals surface area (Å²) < 4.78 is 28.7. The minimum atomic E-state index is -3.76. The van der Waals surface area contributed by atoms with Gasteiger partial charge in [-0.1, -0.05) is 12.5 Å². The number of anilines is 1. The van der Waals surface area contributed by atoms with Crippen LogP contribution < -0.4 is 20.4 Å². The maximum absolute atomic E-state index is 13.1. The molecule has 1 aromatic carbocycles. The van der Waals surface area contributed by atoms with Gasteiger partial charge in [-0.15, -0.1) is 23.2 Å². The summed E-state index contributed by atoms with van der Waals surface area (Å²) in [6, 6.07) is 4.27. The van der Waals surface area contributed by atoms with E-state index in [4.69, 9.17) is 23.2 Å². The number of piperidine rings is 1. The van der Waals surface area contributed by atoms with Crippen LogP contribution in [0.4, 0.5) is 5.69 Å². The first-order valence-corrected chi connectivity index (χ1v) is 13.8. The Hall–Kier alpha value is -1.43. The van der Waals surface area contributed by atoms with Crippen molar-refractivity contribution in [2.24, 2.45) is 0 Å². The predicted molar refractivity (Wildman–Crippen MR) is 134 cm³/mol. The normalized spacial score (nSPS) is 24.7. The number of amides is 2. The van der Waals surface area contributed by atoms with Crippen molar-refractivity contribution in [2.75, 3.05) is 31.6 Å². The highest BCUT2D eigenvalue weighted by atomic mass is 35.5. The molecule has 3 unspecified atom stereocenters. The summed E-state index contributed by atoms with van der Waals surface area (Å²) in [4.78, 5) is 27.0. The smallest absolute Gasteiger partial charge is 0.257 e. The van der Waals surface area contributed by atoms with Crippen LogP contribution in [-0.4, -0.2) is 74.8 Å². The van der Waals surface area contributed by atoms with Gasteiger partial charge in [0.2, 0.25) is 10.0 Å². The standard InChI is InChI=1S/C22H33Cl2N5O4S/c1-14-7-8-17(12-19(14)34(32,33)27-11-9-16-6-4-5-10-25-16)28(3)21(30)15(2)29-22(31)20(24)18(23)13-26-29/h7-8,12,15-16,18,20,25-27H,4-6,9-11,13H2,1-3H3/t15-,16?,18?,20?/m1/s1. The largest absolute Gasteiger partial charge is 0.314 e. The number of alkyl halides is 2. The molecule has 12 heteroatoms. The van der Waals surface area contributed by atoms with Crippen LogP contribution in [0.15, 0.2) is 23.1 Å². The maximum atomic E-state index is 13.1. The maximum Gasteiger partial charge on any atom is 0.257 e. The first kappa shape index (κ1) is 27.2. The van der Waals surface area contributed by atoms with Crippen molar-refractivity contribution in [3.63, 3.8) is 0 Å². The molecule has 2 heterocycles. The Labute approximate surface area is 211 Å². The Kier molecular flexibility index (Phi) is 9.22. The van der Waals surface area contributed by atoms with E-state index < -0.39 is 38.6 Å². The topological polar surface area (TPSA) is 111 Å². The lowest BCUT2D eigenvalue weighted by atomic mass is 10.0. The van der Waals surface area contributed by atoms with Crippen LogP contribution in [0.1, 0.15) is 38.2 Å². The number of hydrogen-bond acceptors (Lipinski definition) is 6. The number of nitrogens with one attached hydrogen (secondary N) is 3. The number of hydrazine groups is 1. The van der Waals surface area contributed by atoms with E-state index in [2.05, 4.69) is 15.5 Å². The van der Waals surface area contributed by atoms with Gasteiger partial charge in [-0.25, -0.2) is 18.6 Å². The molecule has 0 aromatic heterocycles. The van der Waals surface area contributed by atoms with E-state index in [-0.39, 0.29) is 11.4 Å². The van der Waals surface area contributed by atoms with Gasteiger partial charge in [-0.2, -0.15) is 0 Å². The van der Waals surface area contributed by atoms with Gasteiger partial charge in [0, 0.05) is 31.9 Å². The lowest BCUT2D eigenvalue weighted by Gasteiger charge is -2.37. The van der Waals surface area contributed by atoms with Crippen molar-refractivity contribution in [1.82, 2.24) is 20.5 Å². The zero-order valence-electron chi connectivity index (χ0n) is 19.7. The van der Waals surface area contributed by atoms with E-state index in [0.29, 0.717) is 23.8 Å². The molecule has 1 aromatic rings. The number of benzene rings is 1. The quantitative estimate of drug-likeness (QED) is 0.438. The molecule has 0 aliphatic carbocycles. The highest BCUT2D eigenvalue weighted by molar-refractivity contribution is 7.89. The van der Waals surface area contributed by atoms with Crippen LogP contribution in [0.5, 0.6) is 0 Å². The lowest BCUT2D eigenvalue weighted by Crippen LogP contribution is -2.63. The minimum absolute atomic E-state index is 0.117. The molecule has 2 aliphatic rings. The summed E-state index contributed by atoms with van der Waals surface area (Å²) in [5, 5.41) is 3.09. The van der Waals surface area contributed by atoms with E-state index in [0.717, 1.165) is 32.2 Å². The second-order valence-electron chi connectivity index (χ2n) is 8.84. The Morgan fingerprint density at radius 2 is 2.06 bits per heavy atom. The van der Waals surface area contributed by atoms with E-state index in [9.17, 15) is 18.0 Å². The lowest BCUT2D eigenvalue weighted by molar-refractivity contribution is -0.144. The predicted octanol–water partition coefficient (Wildman–Crippen LogP) is 1.72. The third kappa shape index (κ3) is 6.22. The second-order valence-corrected chi connectivity index (χ2v) is 11.6. The van der Waals surface area contributed by atoms with Gasteiger partial charge >= 0.3 is 0 Å². The molecule has 4 atom stereocenters. The van der Waals surface area contributed by atoms with Crippen molar-refractivity contribution >= 4 is 50.7 Å². The molecule has 2 amide bonds. The number of rotatable bonds is 8. The monoisotopic (exact) mass is 533 g/mol. The third-order valence-corrected chi connectivity index (χ3v) is 9.00. The van der Waals surface area contributed by atoms with E-state index in [1.54, 1.807) is 33.0 Å². The molecular weight excluding hydrogens is 501 g/mol. The van der Waals surface area contributed by atoms with Gasteiger partial charge in [-0.3, -0.25) is 14.6 Å². The molecule has 3 rings (SSSR count). The molecule has 0 radical (unpaired) electrons. The average Bonchev–Trinajstić information content (AvgIpc) is 2.82. The van der Waals surface area contributed by atoms with E-state index in [1.165, 1.54) is 16.0 Å². The zero-order valence-corrected chi connectivity index (χ0v) is 22.0. The average molecular weight is 535 g/mol. The summed E-state index contributed by atoms with van der Waals surface area (Å²) in [6.45, 7) is 4.84. The fourth-order valence-corrected chi connectivity index (χ4v) is 5.88. The van der Waals surface area contributed by atoms with Gasteiger partial charge in [0.25, 0.3) is 11.8 Å². The molecule has 0 spiro atoms. The molecule has 9 nitrogen and oxygen atoms in total. The summed E-state index contributed by atoms with van der Waals surface area (Å²) in [5.74, 6) is -0.882. The molecule has 34 heavy (non-hydrogen) atoms. The SMILES string of the molecule is Cc1ccc(N(C)C(=O)[C@@H](C)N2NCC(Cl)C(Cl)C2=O)cc1S(=O)(=O)NCCC1CCCCN1. The van der Waals surface area contributed by atoms with Gasteiger partial charge < -0.3 is 10.2 Å². The van der Waals surface area contributed by atoms with Crippen LogP contribution in [0.2, 0.25) is 0 Å². The Balaban J connectivity index is 1.70. The van der Waals surface area contributed by atoms with Gasteiger partial charge in [0.15, 0.2) is 0 Å². The molecule has 0 saturated carbocycles. The molecule has 2 aliphatic heterocycles. The number of halogens is 2. The van der Waals surface area contributed by atoms with Crippen molar-refractivity contribution in [3.8, 4) is 0 Å². The highest BCUT2D eigenvalue weighted by Crippen LogP contribution is 2.24. The number of carbonyl (C=O) groups is 2. The number of carbonyl (C=O) groups excluding carboxylic acids is 2. The van der Waals surface area contributed by atoms with Crippen LogP contribution in [0.3, 0.4) is 0 Å². The Morgan fingerprint density at radius 1 is 1.32 bits per heavy atom. The third-order valence-electron chi connectivity index (χ3n) is 6.37. The minimum Gasteiger partial charge on any atom is -0.314 e. The molecule has 190 valence electrons. The van der Waals surface area contributed by atoms with Gasteiger partial charge in [0.1, 0.15) is 11.4 Å². The Morgan fingerprint density at radius 3 is 2.74 bits per heavy atom. The molecule has 2 saturated heterocycles. The van der Waals surface area contributed by atoms with Crippen molar-refractivity contribution in [2.45, 2.75) is 67.3 Å². The zero-order chi connectivity index (χ0) is 25.0. The molecule has 0 bridgehead atoms. The first-order valence-electron chi connectivity index (χ1n) is 11.5. The molecule has 2 fully saturated rings. The summed E-state index contributed by atoms with van der Waals surface area (Å²) in [7, 11) is -2.22. The van der Waals surface area contributed by atoms with Crippen LogP contribution in [0, 0.1) is 6.92 Å².